The molecule has 0 amide bonds. The molecule has 6 nitrogen and oxygen atoms in total. The van der Waals surface area contributed by atoms with Gasteiger partial charge in [0, 0.05) is 53.5 Å². The van der Waals surface area contributed by atoms with Crippen molar-refractivity contribution in [2.75, 3.05) is 5.32 Å². The van der Waals surface area contributed by atoms with Crippen LogP contribution in [-0.2, 0) is 0 Å². The number of fused-ring (bicyclic) bond motifs is 2. The highest BCUT2D eigenvalue weighted by atomic mass is 15.1. The first-order chi connectivity index (χ1) is 12.4. The summed E-state index contributed by atoms with van der Waals surface area (Å²) in [6.45, 7) is 0. The van der Waals surface area contributed by atoms with Gasteiger partial charge in [-0.15, -0.1) is 0 Å². The van der Waals surface area contributed by atoms with E-state index in [9.17, 15) is 0 Å². The van der Waals surface area contributed by atoms with Gasteiger partial charge in [0.15, 0.2) is 0 Å². The quantitative estimate of drug-likeness (QED) is 0.594. The number of aromatic nitrogens is 5. The van der Waals surface area contributed by atoms with Gasteiger partial charge in [-0.3, -0.25) is 0 Å². The molecule has 1 aliphatic rings. The lowest BCUT2D eigenvalue weighted by atomic mass is 9.96. The summed E-state index contributed by atoms with van der Waals surface area (Å²) >= 11 is 0. The van der Waals surface area contributed by atoms with Crippen LogP contribution in [0.2, 0.25) is 0 Å². The molecule has 0 unspecified atom stereocenters. The summed E-state index contributed by atoms with van der Waals surface area (Å²) in [5, 5.41) is 4.52. The second-order valence-corrected chi connectivity index (χ2v) is 6.75. The van der Waals surface area contributed by atoms with Crippen LogP contribution in [0.1, 0.15) is 32.1 Å². The number of nitrogens with zero attached hydrogens (tertiary/aromatic N) is 4. The molecule has 5 rings (SSSR count). The van der Waals surface area contributed by atoms with Crippen molar-refractivity contribution < 1.29 is 0 Å². The fraction of sp³-hybridized carbons (Fsp3) is 0.316. The van der Waals surface area contributed by atoms with Crippen molar-refractivity contribution >= 4 is 22.6 Å². The summed E-state index contributed by atoms with van der Waals surface area (Å²) in [7, 11) is 0. The Bertz CT molecular complexity index is 1020. The van der Waals surface area contributed by atoms with E-state index in [0.717, 1.165) is 33.8 Å². The Hall–Kier alpha value is -2.89. The summed E-state index contributed by atoms with van der Waals surface area (Å²) in [6.07, 6.45) is 16.1. The smallest absolute Gasteiger partial charge is 0.224 e. The van der Waals surface area contributed by atoms with Crippen LogP contribution in [0.3, 0.4) is 0 Å². The molecule has 4 heterocycles. The Kier molecular flexibility index (Phi) is 3.40. The van der Waals surface area contributed by atoms with Gasteiger partial charge in [0.05, 0.1) is 0 Å². The molecule has 0 radical (unpaired) electrons. The predicted octanol–water partition coefficient (Wildman–Crippen LogP) is 4.02. The minimum absolute atomic E-state index is 0.504. The number of anilines is 1. The van der Waals surface area contributed by atoms with Gasteiger partial charge in [0.1, 0.15) is 11.3 Å². The van der Waals surface area contributed by atoms with Crippen LogP contribution in [0.25, 0.3) is 27.8 Å². The zero-order valence-corrected chi connectivity index (χ0v) is 13.9. The third kappa shape index (κ3) is 2.63. The number of nitrogens with one attached hydrogen (secondary N) is 2. The van der Waals surface area contributed by atoms with Gasteiger partial charge in [-0.25, -0.2) is 9.97 Å². The van der Waals surface area contributed by atoms with Gasteiger partial charge in [-0.2, -0.15) is 4.98 Å². The summed E-state index contributed by atoms with van der Waals surface area (Å²) in [6, 6.07) is 4.61. The first-order valence-corrected chi connectivity index (χ1v) is 8.90. The lowest BCUT2D eigenvalue weighted by molar-refractivity contribution is 0.461. The average Bonchev–Trinajstić information content (AvgIpc) is 3.28. The zero-order valence-electron chi connectivity index (χ0n) is 13.9. The van der Waals surface area contributed by atoms with E-state index in [1.54, 1.807) is 6.20 Å². The van der Waals surface area contributed by atoms with Gasteiger partial charge >= 0.3 is 0 Å². The number of pyridine rings is 1. The normalized spacial score (nSPS) is 15.8. The molecular formula is C19H20N6. The van der Waals surface area contributed by atoms with Gasteiger partial charge in [-0.05, 0) is 25.0 Å². The van der Waals surface area contributed by atoms with E-state index in [1.165, 1.54) is 32.1 Å². The molecule has 0 bridgehead atoms. The molecule has 1 fully saturated rings. The predicted molar refractivity (Wildman–Crippen MR) is 98.6 cm³/mol. The van der Waals surface area contributed by atoms with Gasteiger partial charge in [-0.1, -0.05) is 19.3 Å². The van der Waals surface area contributed by atoms with Crippen LogP contribution >= 0.6 is 0 Å². The third-order valence-corrected chi connectivity index (χ3v) is 5.07. The Balaban J connectivity index is 1.48. The molecule has 4 aromatic rings. The van der Waals surface area contributed by atoms with Gasteiger partial charge in [0.25, 0.3) is 0 Å². The van der Waals surface area contributed by atoms with Crippen LogP contribution in [0, 0.1) is 0 Å². The SMILES string of the molecule is c1cn2cc(-c3c[nH]c4nc(NC5CCCCC5)ncc34)ccc2n1. The average molecular weight is 332 g/mol. The summed E-state index contributed by atoms with van der Waals surface area (Å²) in [5.74, 6) is 0.720. The molecule has 0 spiro atoms. The van der Waals surface area contributed by atoms with E-state index in [-0.39, 0.29) is 0 Å². The maximum absolute atomic E-state index is 4.67. The van der Waals surface area contributed by atoms with Crippen LogP contribution in [0.15, 0.2) is 43.1 Å². The molecule has 25 heavy (non-hydrogen) atoms. The van der Waals surface area contributed by atoms with Crippen molar-refractivity contribution in [2.24, 2.45) is 0 Å². The maximum Gasteiger partial charge on any atom is 0.224 e. The number of H-pyrrole nitrogens is 1. The molecular weight excluding hydrogens is 312 g/mol. The number of imidazole rings is 1. The lowest BCUT2D eigenvalue weighted by Gasteiger charge is -2.22. The minimum Gasteiger partial charge on any atom is -0.351 e. The number of hydrogen-bond donors (Lipinski definition) is 2. The molecule has 0 atom stereocenters. The van der Waals surface area contributed by atoms with Gasteiger partial charge < -0.3 is 14.7 Å². The Morgan fingerprint density at radius 3 is 2.96 bits per heavy atom. The molecule has 0 aliphatic heterocycles. The number of aromatic amines is 1. The van der Waals surface area contributed by atoms with E-state index in [2.05, 4.69) is 37.5 Å². The summed E-state index contributed by atoms with van der Waals surface area (Å²) in [4.78, 5) is 16.8. The first kappa shape index (κ1) is 14.5. The number of hydrogen-bond acceptors (Lipinski definition) is 4. The molecule has 4 aromatic heterocycles. The Morgan fingerprint density at radius 1 is 1.12 bits per heavy atom. The largest absolute Gasteiger partial charge is 0.351 e. The topological polar surface area (TPSA) is 70.9 Å². The van der Waals surface area contributed by atoms with Crippen molar-refractivity contribution in [3.05, 3.63) is 43.1 Å². The van der Waals surface area contributed by atoms with Crippen LogP contribution in [0.5, 0.6) is 0 Å². The molecule has 126 valence electrons. The monoisotopic (exact) mass is 332 g/mol. The maximum atomic E-state index is 4.67. The fourth-order valence-electron chi connectivity index (χ4n) is 3.72. The van der Waals surface area contributed by atoms with Crippen molar-refractivity contribution in [1.29, 1.82) is 0 Å². The molecule has 2 N–H and O–H groups in total. The van der Waals surface area contributed by atoms with E-state index in [0.29, 0.717) is 6.04 Å². The van der Waals surface area contributed by atoms with Crippen molar-refractivity contribution in [3.63, 3.8) is 0 Å². The van der Waals surface area contributed by atoms with E-state index < -0.39 is 0 Å². The van der Waals surface area contributed by atoms with E-state index in [4.69, 9.17) is 0 Å². The van der Waals surface area contributed by atoms with Crippen molar-refractivity contribution in [1.82, 2.24) is 24.3 Å². The zero-order chi connectivity index (χ0) is 16.6. The van der Waals surface area contributed by atoms with Crippen LogP contribution in [-0.4, -0.2) is 30.4 Å². The second kappa shape index (κ2) is 5.88. The number of rotatable bonds is 3. The van der Waals surface area contributed by atoms with Crippen LogP contribution in [0.4, 0.5) is 5.95 Å². The lowest BCUT2D eigenvalue weighted by Crippen LogP contribution is -2.23. The van der Waals surface area contributed by atoms with Crippen LogP contribution < -0.4 is 5.32 Å². The fourth-order valence-corrected chi connectivity index (χ4v) is 3.72. The highest BCUT2D eigenvalue weighted by Gasteiger charge is 2.15. The molecule has 1 saturated carbocycles. The summed E-state index contributed by atoms with van der Waals surface area (Å²) < 4.78 is 2.02. The van der Waals surface area contributed by atoms with E-state index >= 15 is 0 Å². The Morgan fingerprint density at radius 2 is 2.04 bits per heavy atom. The third-order valence-electron chi connectivity index (χ3n) is 5.07. The standard InChI is InChI=1S/C19H20N6/c1-2-4-14(5-3-1)23-19-22-11-16-15(10-21-18(16)24-19)13-6-7-17-20-8-9-25(17)12-13/h6-12,14H,1-5H2,(H2,21,22,23,24). The molecule has 6 heteroatoms. The minimum atomic E-state index is 0.504. The molecule has 0 saturated heterocycles. The van der Waals surface area contributed by atoms with E-state index in [1.807, 2.05) is 29.1 Å². The molecule has 0 aromatic carbocycles. The highest BCUT2D eigenvalue weighted by Crippen LogP contribution is 2.28. The second-order valence-electron chi connectivity index (χ2n) is 6.75. The Labute approximate surface area is 145 Å². The highest BCUT2D eigenvalue weighted by molar-refractivity contribution is 5.93. The summed E-state index contributed by atoms with van der Waals surface area (Å²) in [5.41, 5.74) is 4.04. The van der Waals surface area contributed by atoms with Crippen molar-refractivity contribution in [3.8, 4) is 11.1 Å². The molecule has 1 aliphatic carbocycles. The first-order valence-electron chi connectivity index (χ1n) is 8.90. The van der Waals surface area contributed by atoms with Gasteiger partial charge in [0.2, 0.25) is 5.95 Å². The van der Waals surface area contributed by atoms with Crippen molar-refractivity contribution in [2.45, 2.75) is 38.1 Å².